The highest BCUT2D eigenvalue weighted by molar-refractivity contribution is 7.92. The van der Waals surface area contributed by atoms with Gasteiger partial charge >= 0.3 is 0 Å². The Balaban J connectivity index is 2.05. The summed E-state index contributed by atoms with van der Waals surface area (Å²) in [6.45, 7) is 9.48. The highest BCUT2D eigenvalue weighted by Crippen LogP contribution is 2.27. The first-order valence-corrected chi connectivity index (χ1v) is 15.8. The maximum Gasteiger partial charge on any atom is 0.264 e. The Morgan fingerprint density at radius 3 is 2.00 bits per heavy atom. The van der Waals surface area contributed by atoms with Crippen LogP contribution in [-0.4, -0.2) is 43.8 Å². The van der Waals surface area contributed by atoms with Gasteiger partial charge < -0.3 is 10.2 Å². The summed E-state index contributed by atoms with van der Waals surface area (Å²) in [5.74, 6) is -0.504. The topological polar surface area (TPSA) is 86.8 Å². The summed E-state index contributed by atoms with van der Waals surface area (Å²) in [4.78, 5) is 29.0. The van der Waals surface area contributed by atoms with E-state index in [-0.39, 0.29) is 29.3 Å². The quantitative estimate of drug-likeness (QED) is 0.248. The summed E-state index contributed by atoms with van der Waals surface area (Å²) in [5.41, 5.74) is 2.20. The number of carbonyl (C=O) groups excluding carboxylic acids is 2. The fourth-order valence-electron chi connectivity index (χ4n) is 4.42. The summed E-state index contributed by atoms with van der Waals surface area (Å²) in [5, 5.41) is 3.54. The third-order valence-electron chi connectivity index (χ3n) is 7.11. The lowest BCUT2D eigenvalue weighted by Gasteiger charge is -2.33. The van der Waals surface area contributed by atoms with Crippen molar-refractivity contribution in [2.45, 2.75) is 76.9 Å². The zero-order valence-corrected chi connectivity index (χ0v) is 26.0. The van der Waals surface area contributed by atoms with E-state index in [2.05, 4.69) is 19.2 Å². The van der Waals surface area contributed by atoms with Crippen LogP contribution in [0.25, 0.3) is 0 Å². The van der Waals surface area contributed by atoms with Crippen LogP contribution in [0.4, 0.5) is 5.69 Å². The number of amides is 2. The van der Waals surface area contributed by atoms with E-state index in [9.17, 15) is 18.0 Å². The second-order valence-corrected chi connectivity index (χ2v) is 12.8. The Kier molecular flexibility index (Phi) is 11.4. The van der Waals surface area contributed by atoms with E-state index >= 15 is 0 Å². The fourth-order valence-corrected chi connectivity index (χ4v) is 5.98. The average Bonchev–Trinajstić information content (AvgIpc) is 2.97. The van der Waals surface area contributed by atoms with Gasteiger partial charge in [-0.05, 0) is 73.2 Å². The van der Waals surface area contributed by atoms with Crippen LogP contribution in [0.5, 0.6) is 0 Å². The number of hydrogen-bond donors (Lipinski definition) is 1. The van der Waals surface area contributed by atoms with Gasteiger partial charge in [0.2, 0.25) is 11.8 Å². The van der Waals surface area contributed by atoms with E-state index in [4.69, 9.17) is 11.6 Å². The molecule has 220 valence electrons. The predicted octanol–water partition coefficient (Wildman–Crippen LogP) is 6.38. The molecule has 1 N–H and O–H groups in total. The van der Waals surface area contributed by atoms with Gasteiger partial charge in [-0.15, -0.1) is 0 Å². The summed E-state index contributed by atoms with van der Waals surface area (Å²) >= 11 is 6.08. The number of halogens is 1. The van der Waals surface area contributed by atoms with Crippen molar-refractivity contribution in [3.63, 3.8) is 0 Å². The number of carbonyl (C=O) groups is 2. The Morgan fingerprint density at radius 1 is 0.854 bits per heavy atom. The minimum absolute atomic E-state index is 0.0709. The van der Waals surface area contributed by atoms with Crippen LogP contribution in [0.3, 0.4) is 0 Å². The highest BCUT2D eigenvalue weighted by atomic mass is 35.5. The van der Waals surface area contributed by atoms with Gasteiger partial charge in [0.15, 0.2) is 0 Å². The van der Waals surface area contributed by atoms with Crippen molar-refractivity contribution in [1.82, 2.24) is 10.2 Å². The molecule has 2 atom stereocenters. The van der Waals surface area contributed by atoms with Crippen molar-refractivity contribution in [3.8, 4) is 0 Å². The molecule has 0 aromatic heterocycles. The zero-order valence-electron chi connectivity index (χ0n) is 24.4. The van der Waals surface area contributed by atoms with Gasteiger partial charge in [0.25, 0.3) is 10.0 Å². The molecule has 0 aliphatic rings. The normalized spacial score (nSPS) is 13.0. The van der Waals surface area contributed by atoms with Gasteiger partial charge in [0, 0.05) is 17.6 Å². The molecule has 3 rings (SSSR count). The SMILES string of the molecule is CC[C@@H](C)NC(=O)[C@H](CC)N(Cc1ccc(Cl)cc1)C(=O)CN(c1ccc(C(C)C)cc1)S(=O)(=O)c1ccccc1. The van der Waals surface area contributed by atoms with E-state index in [1.54, 1.807) is 54.6 Å². The van der Waals surface area contributed by atoms with Crippen molar-refractivity contribution in [2.24, 2.45) is 0 Å². The second-order valence-electron chi connectivity index (χ2n) is 10.5. The number of benzene rings is 3. The van der Waals surface area contributed by atoms with Gasteiger partial charge in [-0.2, -0.15) is 0 Å². The van der Waals surface area contributed by atoms with Gasteiger partial charge in [0.1, 0.15) is 12.6 Å². The third-order valence-corrected chi connectivity index (χ3v) is 9.15. The van der Waals surface area contributed by atoms with Crippen molar-refractivity contribution >= 4 is 39.1 Å². The van der Waals surface area contributed by atoms with Gasteiger partial charge in [-0.3, -0.25) is 13.9 Å². The largest absolute Gasteiger partial charge is 0.352 e. The monoisotopic (exact) mass is 597 g/mol. The molecule has 3 aromatic carbocycles. The molecule has 0 unspecified atom stereocenters. The molecule has 0 aliphatic heterocycles. The van der Waals surface area contributed by atoms with E-state index in [1.165, 1.54) is 17.0 Å². The lowest BCUT2D eigenvalue weighted by Crippen LogP contribution is -2.53. The minimum atomic E-state index is -4.10. The van der Waals surface area contributed by atoms with Crippen LogP contribution in [-0.2, 0) is 26.2 Å². The molecule has 41 heavy (non-hydrogen) atoms. The van der Waals surface area contributed by atoms with E-state index in [1.807, 2.05) is 32.9 Å². The van der Waals surface area contributed by atoms with Crippen LogP contribution in [0.1, 0.15) is 64.5 Å². The third kappa shape index (κ3) is 8.33. The first kappa shape index (κ1) is 32.2. The number of anilines is 1. The van der Waals surface area contributed by atoms with Crippen molar-refractivity contribution in [3.05, 3.63) is 95.0 Å². The summed E-state index contributed by atoms with van der Waals surface area (Å²) in [6, 6.07) is 21.4. The molecule has 9 heteroatoms. The highest BCUT2D eigenvalue weighted by Gasteiger charge is 2.34. The Bertz CT molecular complexity index is 1400. The Hall–Kier alpha value is -3.36. The van der Waals surface area contributed by atoms with E-state index < -0.39 is 28.5 Å². The zero-order chi connectivity index (χ0) is 30.2. The molecule has 7 nitrogen and oxygen atoms in total. The number of hydrogen-bond acceptors (Lipinski definition) is 4. The molecule has 0 heterocycles. The molecule has 0 saturated heterocycles. The molecule has 2 amide bonds. The molecule has 3 aromatic rings. The van der Waals surface area contributed by atoms with Crippen LogP contribution in [0.15, 0.2) is 83.8 Å². The van der Waals surface area contributed by atoms with Crippen LogP contribution >= 0.6 is 11.6 Å². The maximum atomic E-state index is 14.1. The van der Waals surface area contributed by atoms with Crippen LogP contribution in [0.2, 0.25) is 5.02 Å². The molecule has 0 spiro atoms. The minimum Gasteiger partial charge on any atom is -0.352 e. The first-order chi connectivity index (χ1) is 19.5. The number of rotatable bonds is 13. The molecular weight excluding hydrogens is 558 g/mol. The van der Waals surface area contributed by atoms with Gasteiger partial charge in [-0.25, -0.2) is 8.42 Å². The van der Waals surface area contributed by atoms with Crippen molar-refractivity contribution < 1.29 is 18.0 Å². The Labute approximate surface area is 249 Å². The lowest BCUT2D eigenvalue weighted by molar-refractivity contribution is -0.140. The molecule has 0 fully saturated rings. The summed E-state index contributed by atoms with van der Waals surface area (Å²) in [6.07, 6.45) is 1.10. The van der Waals surface area contributed by atoms with Crippen molar-refractivity contribution in [2.75, 3.05) is 10.8 Å². The first-order valence-electron chi connectivity index (χ1n) is 14.0. The molecule has 0 radical (unpaired) electrons. The predicted molar refractivity (Wildman–Crippen MR) is 165 cm³/mol. The number of sulfonamides is 1. The van der Waals surface area contributed by atoms with Crippen LogP contribution in [0, 0.1) is 0 Å². The average molecular weight is 598 g/mol. The number of nitrogens with zero attached hydrogens (tertiary/aromatic N) is 2. The number of nitrogens with one attached hydrogen (secondary N) is 1. The smallest absolute Gasteiger partial charge is 0.264 e. The molecular formula is C32H40ClN3O4S. The molecule has 0 saturated carbocycles. The summed E-state index contributed by atoms with van der Waals surface area (Å²) in [7, 11) is -4.10. The standard InChI is InChI=1S/C32H40ClN3O4S/c1-6-24(5)34-32(38)30(7-2)35(21-25-13-17-27(33)18-14-25)31(37)22-36(28-19-15-26(16-20-28)23(3)4)41(39,40)29-11-9-8-10-12-29/h8-20,23-24,30H,6-7,21-22H2,1-5H3,(H,34,38)/t24-,30+/m1/s1. The van der Waals surface area contributed by atoms with Gasteiger partial charge in [0.05, 0.1) is 10.6 Å². The fraction of sp³-hybridized carbons (Fsp3) is 0.375. The Morgan fingerprint density at radius 2 is 1.46 bits per heavy atom. The van der Waals surface area contributed by atoms with E-state index in [0.29, 0.717) is 17.1 Å². The summed E-state index contributed by atoms with van der Waals surface area (Å²) < 4.78 is 29.0. The van der Waals surface area contributed by atoms with E-state index in [0.717, 1.165) is 21.9 Å². The van der Waals surface area contributed by atoms with Gasteiger partial charge in [-0.1, -0.05) is 81.8 Å². The van der Waals surface area contributed by atoms with Crippen LogP contribution < -0.4 is 9.62 Å². The molecule has 0 bridgehead atoms. The van der Waals surface area contributed by atoms with Crippen molar-refractivity contribution in [1.29, 1.82) is 0 Å². The lowest BCUT2D eigenvalue weighted by atomic mass is 10.0. The molecule has 0 aliphatic carbocycles. The second kappa shape index (κ2) is 14.5. The maximum absolute atomic E-state index is 14.1.